The second-order valence-electron chi connectivity index (χ2n) is 7.48. The first-order chi connectivity index (χ1) is 12.7. The lowest BCUT2D eigenvalue weighted by atomic mass is 9.83. The molecule has 1 fully saturated rings. The van der Waals surface area contributed by atoms with E-state index in [2.05, 4.69) is 20.9 Å². The summed E-state index contributed by atoms with van der Waals surface area (Å²) in [6.45, 7) is 3.93. The normalized spacial score (nSPS) is 19.3. The summed E-state index contributed by atoms with van der Waals surface area (Å²) in [6.07, 6.45) is 9.74. The highest BCUT2D eigenvalue weighted by atomic mass is 16.5. The van der Waals surface area contributed by atoms with Gasteiger partial charge in [-0.2, -0.15) is 0 Å². The van der Waals surface area contributed by atoms with Crippen LogP contribution in [-0.2, 0) is 23.2 Å². The van der Waals surface area contributed by atoms with Gasteiger partial charge in [-0.1, -0.05) is 6.07 Å². The number of pyridine rings is 1. The number of fused-ring (bicyclic) bond motifs is 2. The summed E-state index contributed by atoms with van der Waals surface area (Å²) in [5, 5.41) is 0. The molecule has 0 radical (unpaired) electrons. The number of ether oxygens (including phenoxy) is 1. The van der Waals surface area contributed by atoms with Gasteiger partial charge in [-0.25, -0.2) is 9.97 Å². The maximum Gasteiger partial charge on any atom is 0.225 e. The van der Waals surface area contributed by atoms with Crippen molar-refractivity contribution in [1.82, 2.24) is 19.9 Å². The van der Waals surface area contributed by atoms with Crippen LogP contribution in [0.5, 0.6) is 0 Å². The molecule has 0 N–H and O–H groups in total. The second-order valence-corrected chi connectivity index (χ2v) is 7.48. The van der Waals surface area contributed by atoms with Crippen molar-refractivity contribution in [2.45, 2.75) is 31.3 Å². The molecule has 6 heteroatoms. The van der Waals surface area contributed by atoms with Crippen LogP contribution >= 0.6 is 0 Å². The minimum Gasteiger partial charge on any atom is -0.368 e. The number of piperidine rings is 1. The Morgan fingerprint density at radius 2 is 2.08 bits per heavy atom. The van der Waals surface area contributed by atoms with Gasteiger partial charge >= 0.3 is 0 Å². The Morgan fingerprint density at radius 1 is 1.23 bits per heavy atom. The zero-order valence-corrected chi connectivity index (χ0v) is 15.7. The number of hydrogen-bond acceptors (Lipinski definition) is 6. The summed E-state index contributed by atoms with van der Waals surface area (Å²) in [7, 11) is 3.97. The fourth-order valence-corrected chi connectivity index (χ4v) is 3.97. The van der Waals surface area contributed by atoms with Crippen LogP contribution < -0.4 is 4.90 Å². The van der Waals surface area contributed by atoms with Crippen LogP contribution in [0.2, 0.25) is 0 Å². The van der Waals surface area contributed by atoms with Gasteiger partial charge in [0.1, 0.15) is 5.60 Å². The molecule has 6 nitrogen and oxygen atoms in total. The highest BCUT2D eigenvalue weighted by Crippen LogP contribution is 2.40. The minimum atomic E-state index is -0.230. The average Bonchev–Trinajstić information content (AvgIpc) is 2.68. The van der Waals surface area contributed by atoms with Gasteiger partial charge in [-0.15, -0.1) is 0 Å². The van der Waals surface area contributed by atoms with Crippen LogP contribution in [-0.4, -0.2) is 60.2 Å². The van der Waals surface area contributed by atoms with Crippen molar-refractivity contribution in [2.24, 2.45) is 0 Å². The van der Waals surface area contributed by atoms with E-state index < -0.39 is 0 Å². The molecule has 0 aromatic carbocycles. The third kappa shape index (κ3) is 3.44. The molecule has 0 aliphatic carbocycles. The van der Waals surface area contributed by atoms with Crippen LogP contribution in [0, 0.1) is 0 Å². The van der Waals surface area contributed by atoms with Gasteiger partial charge in [-0.05, 0) is 42.9 Å². The molecule has 0 unspecified atom stereocenters. The molecule has 2 aromatic heterocycles. The van der Waals surface area contributed by atoms with E-state index in [1.54, 1.807) is 0 Å². The molecule has 0 bridgehead atoms. The second kappa shape index (κ2) is 7.29. The van der Waals surface area contributed by atoms with Gasteiger partial charge in [0.2, 0.25) is 5.95 Å². The molecular formula is C20H27N5O. The summed E-state index contributed by atoms with van der Waals surface area (Å²) >= 11 is 0. The summed E-state index contributed by atoms with van der Waals surface area (Å²) in [5.74, 6) is 0.771. The number of nitrogens with zero attached hydrogens (tertiary/aromatic N) is 5. The van der Waals surface area contributed by atoms with E-state index in [4.69, 9.17) is 9.72 Å². The van der Waals surface area contributed by atoms with Crippen LogP contribution in [0.3, 0.4) is 0 Å². The van der Waals surface area contributed by atoms with Gasteiger partial charge in [-0.3, -0.25) is 4.98 Å². The van der Waals surface area contributed by atoms with E-state index in [1.807, 2.05) is 43.7 Å². The van der Waals surface area contributed by atoms with E-state index in [9.17, 15) is 0 Å². The van der Waals surface area contributed by atoms with Crippen molar-refractivity contribution in [1.29, 1.82) is 0 Å². The molecular weight excluding hydrogens is 326 g/mol. The number of likely N-dealkylation sites (tertiary alicyclic amines) is 1. The summed E-state index contributed by atoms with van der Waals surface area (Å²) < 4.78 is 6.33. The molecule has 2 aromatic rings. The maximum atomic E-state index is 6.33. The Kier molecular flexibility index (Phi) is 4.87. The predicted molar refractivity (Wildman–Crippen MR) is 101 cm³/mol. The van der Waals surface area contributed by atoms with E-state index in [0.717, 1.165) is 63.6 Å². The third-order valence-corrected chi connectivity index (χ3v) is 5.54. The highest BCUT2D eigenvalue weighted by molar-refractivity contribution is 5.35. The Balaban J connectivity index is 1.45. The van der Waals surface area contributed by atoms with Gasteiger partial charge in [0.25, 0.3) is 0 Å². The monoisotopic (exact) mass is 353 g/mol. The zero-order valence-electron chi connectivity index (χ0n) is 15.7. The van der Waals surface area contributed by atoms with Crippen molar-refractivity contribution in [2.75, 3.05) is 45.2 Å². The van der Waals surface area contributed by atoms with Crippen LogP contribution in [0.15, 0.2) is 30.7 Å². The van der Waals surface area contributed by atoms with E-state index in [-0.39, 0.29) is 5.60 Å². The summed E-state index contributed by atoms with van der Waals surface area (Å²) in [4.78, 5) is 18.1. The van der Waals surface area contributed by atoms with Gasteiger partial charge in [0, 0.05) is 52.3 Å². The molecule has 0 amide bonds. The first kappa shape index (κ1) is 17.4. The summed E-state index contributed by atoms with van der Waals surface area (Å²) in [6, 6.07) is 4.16. The number of aromatic nitrogens is 3. The maximum absolute atomic E-state index is 6.33. The summed E-state index contributed by atoms with van der Waals surface area (Å²) in [5.41, 5.74) is 3.45. The molecule has 1 spiro atoms. The van der Waals surface area contributed by atoms with Gasteiger partial charge in [0.15, 0.2) is 0 Å². The van der Waals surface area contributed by atoms with Crippen molar-refractivity contribution in [3.05, 3.63) is 47.5 Å². The predicted octanol–water partition coefficient (Wildman–Crippen LogP) is 2.04. The third-order valence-electron chi connectivity index (χ3n) is 5.54. The number of anilines is 1. The molecule has 2 aliphatic rings. The largest absolute Gasteiger partial charge is 0.368 e. The molecule has 138 valence electrons. The molecule has 26 heavy (non-hydrogen) atoms. The molecule has 0 saturated carbocycles. The molecule has 1 saturated heterocycles. The van der Waals surface area contributed by atoms with Crippen molar-refractivity contribution in [3.8, 4) is 0 Å². The Labute approximate surface area is 155 Å². The van der Waals surface area contributed by atoms with Crippen LogP contribution in [0.25, 0.3) is 0 Å². The molecule has 0 atom stereocenters. The fraction of sp³-hybridized carbons (Fsp3) is 0.550. The van der Waals surface area contributed by atoms with Crippen molar-refractivity contribution >= 4 is 5.95 Å². The van der Waals surface area contributed by atoms with Crippen molar-refractivity contribution in [3.63, 3.8) is 0 Å². The average molecular weight is 353 g/mol. The van der Waals surface area contributed by atoms with E-state index in [0.29, 0.717) is 0 Å². The van der Waals surface area contributed by atoms with Gasteiger partial charge in [0.05, 0.1) is 12.3 Å². The fourth-order valence-electron chi connectivity index (χ4n) is 3.97. The van der Waals surface area contributed by atoms with Gasteiger partial charge < -0.3 is 14.5 Å². The Hall–Kier alpha value is -2.05. The van der Waals surface area contributed by atoms with Crippen molar-refractivity contribution < 1.29 is 4.74 Å². The first-order valence-corrected chi connectivity index (χ1v) is 9.45. The Morgan fingerprint density at radius 3 is 2.81 bits per heavy atom. The topological polar surface area (TPSA) is 54.4 Å². The van der Waals surface area contributed by atoms with E-state index >= 15 is 0 Å². The zero-order chi connectivity index (χ0) is 18.0. The molecule has 2 aliphatic heterocycles. The lowest BCUT2D eigenvalue weighted by Crippen LogP contribution is -2.47. The highest BCUT2D eigenvalue weighted by Gasteiger charge is 2.42. The van der Waals surface area contributed by atoms with Crippen LogP contribution in [0.4, 0.5) is 5.95 Å². The molecule has 4 rings (SSSR count). The smallest absolute Gasteiger partial charge is 0.225 e. The Bertz CT molecular complexity index is 741. The lowest BCUT2D eigenvalue weighted by Gasteiger charge is -2.44. The quantitative estimate of drug-likeness (QED) is 0.838. The first-order valence-electron chi connectivity index (χ1n) is 9.45. The molecule has 4 heterocycles. The van der Waals surface area contributed by atoms with Crippen LogP contribution in [0.1, 0.15) is 29.7 Å². The lowest BCUT2D eigenvalue weighted by molar-refractivity contribution is -0.101. The number of hydrogen-bond donors (Lipinski definition) is 0. The van der Waals surface area contributed by atoms with E-state index in [1.165, 1.54) is 11.1 Å². The SMILES string of the molecule is CN(C)c1ncc2c(n1)C1(CCN(CCc3cccnc3)CC1)OCC2. The standard InChI is InChI=1S/C20H27N5O/c1-24(2)19-22-15-17-6-13-26-20(18(17)23-19)7-11-25(12-8-20)10-5-16-4-3-9-21-14-16/h3-4,9,14-15H,5-8,10-13H2,1-2H3. The number of rotatable bonds is 4. The minimum absolute atomic E-state index is 0.230.